The van der Waals surface area contributed by atoms with Crippen LogP contribution in [0.2, 0.25) is 0 Å². The van der Waals surface area contributed by atoms with Crippen LogP contribution in [0.25, 0.3) is 6.08 Å². The maximum absolute atomic E-state index is 10.9. The number of nitrogens with two attached hydrogens (primary N) is 1. The molecule has 0 amide bonds. The molecule has 0 spiro atoms. The summed E-state index contributed by atoms with van der Waals surface area (Å²) in [5.41, 5.74) is 0.528. The van der Waals surface area contributed by atoms with Crippen LogP contribution in [0.1, 0.15) is 5.56 Å². The molecule has 1 rings (SSSR count). The number of hydrogen-bond acceptors (Lipinski definition) is 2. The first kappa shape index (κ1) is 12.9. The van der Waals surface area contributed by atoms with Crippen LogP contribution < -0.4 is 5.14 Å². The summed E-state index contributed by atoms with van der Waals surface area (Å²) >= 11 is 0. The first-order valence-electron chi connectivity index (χ1n) is 3.30. The second-order valence-corrected chi connectivity index (χ2v) is 3.82. The van der Waals surface area contributed by atoms with Crippen molar-refractivity contribution >= 4 is 45.7 Å². The zero-order valence-electron chi connectivity index (χ0n) is 6.40. The Morgan fingerprint density at radius 1 is 1.31 bits per heavy atom. The molecule has 0 heterocycles. The Kier molecular flexibility index (Phi) is 4.88. The van der Waals surface area contributed by atoms with E-state index in [2.05, 4.69) is 6.58 Å². The molecule has 0 radical (unpaired) electrons. The molecule has 66 valence electrons. The van der Waals surface area contributed by atoms with Crippen molar-refractivity contribution in [2.45, 2.75) is 4.90 Å². The van der Waals surface area contributed by atoms with Gasteiger partial charge in [-0.3, -0.25) is 0 Å². The molecular weight excluding hydrogens is 197 g/mol. The predicted molar refractivity (Wildman–Crippen MR) is 55.1 cm³/mol. The van der Waals surface area contributed by atoms with Crippen LogP contribution in [0.3, 0.4) is 0 Å². The standard InChI is InChI=1S/C8H9NO2S.Na.H/c1-2-7-5-3-4-6-8(7)12(9,10)11;;/h2-6H,1H2,(H2,9,10,11);;. The van der Waals surface area contributed by atoms with Gasteiger partial charge >= 0.3 is 29.6 Å². The van der Waals surface area contributed by atoms with E-state index < -0.39 is 10.0 Å². The molecule has 0 fully saturated rings. The summed E-state index contributed by atoms with van der Waals surface area (Å²) in [5, 5.41) is 4.96. The van der Waals surface area contributed by atoms with Gasteiger partial charge in [0.2, 0.25) is 10.0 Å². The van der Waals surface area contributed by atoms with E-state index in [9.17, 15) is 8.42 Å². The first-order valence-corrected chi connectivity index (χ1v) is 4.84. The van der Waals surface area contributed by atoms with Crippen molar-refractivity contribution in [1.29, 1.82) is 0 Å². The molecule has 3 nitrogen and oxygen atoms in total. The van der Waals surface area contributed by atoms with Crippen molar-refractivity contribution in [1.82, 2.24) is 0 Å². The van der Waals surface area contributed by atoms with E-state index in [0.717, 1.165) is 0 Å². The fourth-order valence-corrected chi connectivity index (χ4v) is 1.66. The van der Waals surface area contributed by atoms with Gasteiger partial charge in [-0.05, 0) is 11.6 Å². The predicted octanol–water partition coefficient (Wildman–Crippen LogP) is 0.329. The molecule has 0 aliphatic carbocycles. The van der Waals surface area contributed by atoms with E-state index in [1.165, 1.54) is 12.1 Å². The van der Waals surface area contributed by atoms with Crippen molar-refractivity contribution in [3.63, 3.8) is 0 Å². The fourth-order valence-electron chi connectivity index (χ4n) is 0.908. The van der Waals surface area contributed by atoms with Crippen LogP contribution in [0, 0.1) is 0 Å². The van der Waals surface area contributed by atoms with Gasteiger partial charge < -0.3 is 0 Å². The zero-order chi connectivity index (χ0) is 9.19. The number of benzene rings is 1. The van der Waals surface area contributed by atoms with Crippen molar-refractivity contribution < 1.29 is 8.42 Å². The average molecular weight is 207 g/mol. The minimum absolute atomic E-state index is 0. The van der Waals surface area contributed by atoms with Crippen molar-refractivity contribution in [2.24, 2.45) is 5.14 Å². The molecule has 0 atom stereocenters. The van der Waals surface area contributed by atoms with Crippen LogP contribution in [0.5, 0.6) is 0 Å². The van der Waals surface area contributed by atoms with Gasteiger partial charge in [0.1, 0.15) is 0 Å². The average Bonchev–Trinajstić information content (AvgIpc) is 2.03. The third-order valence-electron chi connectivity index (χ3n) is 1.45. The number of primary sulfonamides is 1. The van der Waals surface area contributed by atoms with Gasteiger partial charge in [-0.15, -0.1) is 0 Å². The second kappa shape index (κ2) is 4.93. The molecule has 1 aromatic carbocycles. The fraction of sp³-hybridized carbons (Fsp3) is 0. The molecule has 0 bridgehead atoms. The molecule has 0 saturated heterocycles. The van der Waals surface area contributed by atoms with Crippen LogP contribution in [0.15, 0.2) is 35.7 Å². The minimum atomic E-state index is -3.62. The number of sulfonamides is 1. The Morgan fingerprint density at radius 2 is 1.85 bits per heavy atom. The van der Waals surface area contributed by atoms with E-state index in [1.54, 1.807) is 18.2 Å². The van der Waals surface area contributed by atoms with Gasteiger partial charge in [-0.25, -0.2) is 13.6 Å². The SMILES string of the molecule is C=Cc1ccccc1S(N)(=O)=O.[NaH]. The Morgan fingerprint density at radius 3 is 2.23 bits per heavy atom. The number of rotatable bonds is 2. The molecular formula is C8H10NNaO2S. The van der Waals surface area contributed by atoms with Crippen LogP contribution in [0.4, 0.5) is 0 Å². The third kappa shape index (κ3) is 3.25. The summed E-state index contributed by atoms with van der Waals surface area (Å²) in [7, 11) is -3.62. The molecule has 0 saturated carbocycles. The molecule has 0 unspecified atom stereocenters. The molecule has 1 aromatic rings. The maximum atomic E-state index is 10.9. The normalized spacial score (nSPS) is 10.2. The monoisotopic (exact) mass is 207 g/mol. The summed E-state index contributed by atoms with van der Waals surface area (Å²) in [6, 6.07) is 6.44. The molecule has 13 heavy (non-hydrogen) atoms. The van der Waals surface area contributed by atoms with Gasteiger partial charge in [-0.2, -0.15) is 0 Å². The van der Waals surface area contributed by atoms with Gasteiger partial charge in [0, 0.05) is 0 Å². The Labute approximate surface area is 100.0 Å². The van der Waals surface area contributed by atoms with Crippen LogP contribution in [-0.4, -0.2) is 38.0 Å². The first-order chi connectivity index (χ1) is 5.55. The summed E-state index contributed by atoms with van der Waals surface area (Å²) < 4.78 is 21.9. The van der Waals surface area contributed by atoms with E-state index in [1.807, 2.05) is 0 Å². The van der Waals surface area contributed by atoms with E-state index in [-0.39, 0.29) is 34.5 Å². The topological polar surface area (TPSA) is 60.2 Å². The Bertz CT molecular complexity index is 400. The van der Waals surface area contributed by atoms with Gasteiger partial charge in [0.25, 0.3) is 0 Å². The molecule has 0 aliphatic rings. The molecule has 0 aliphatic heterocycles. The van der Waals surface area contributed by atoms with Crippen molar-refractivity contribution in [2.75, 3.05) is 0 Å². The molecule has 0 aromatic heterocycles. The van der Waals surface area contributed by atoms with Gasteiger partial charge in [0.05, 0.1) is 4.90 Å². The summed E-state index contributed by atoms with van der Waals surface area (Å²) in [4.78, 5) is 0.111. The summed E-state index contributed by atoms with van der Waals surface area (Å²) in [5.74, 6) is 0. The van der Waals surface area contributed by atoms with Crippen LogP contribution >= 0.6 is 0 Å². The Hall–Kier alpha value is -0.130. The zero-order valence-corrected chi connectivity index (χ0v) is 7.21. The van der Waals surface area contributed by atoms with Gasteiger partial charge in [0.15, 0.2) is 0 Å². The third-order valence-corrected chi connectivity index (χ3v) is 2.43. The second-order valence-electron chi connectivity index (χ2n) is 2.29. The van der Waals surface area contributed by atoms with Gasteiger partial charge in [-0.1, -0.05) is 30.9 Å². The van der Waals surface area contributed by atoms with E-state index in [0.29, 0.717) is 5.56 Å². The summed E-state index contributed by atoms with van der Waals surface area (Å²) in [6.45, 7) is 3.49. The van der Waals surface area contributed by atoms with Crippen molar-refractivity contribution in [3.8, 4) is 0 Å². The molecule has 5 heteroatoms. The Balaban J connectivity index is 0.00000144. The summed E-state index contributed by atoms with van der Waals surface area (Å²) in [6.07, 6.45) is 1.46. The van der Waals surface area contributed by atoms with E-state index >= 15 is 0 Å². The van der Waals surface area contributed by atoms with E-state index in [4.69, 9.17) is 5.14 Å². The quantitative estimate of drug-likeness (QED) is 0.710. The van der Waals surface area contributed by atoms with Crippen LogP contribution in [-0.2, 0) is 10.0 Å². The van der Waals surface area contributed by atoms with Crippen molar-refractivity contribution in [3.05, 3.63) is 36.4 Å². The molecule has 2 N–H and O–H groups in total. The number of hydrogen-bond donors (Lipinski definition) is 1.